The maximum Gasteiger partial charge on any atom is 0.240 e. The molecular formula is C17H16ClNO4S. The zero-order valence-electron chi connectivity index (χ0n) is 12.9. The van der Waals surface area contributed by atoms with Gasteiger partial charge in [0.2, 0.25) is 10.0 Å². The number of nitrogens with one attached hydrogen (secondary N) is 1. The molecule has 1 heterocycles. The first-order valence-corrected chi connectivity index (χ1v) is 9.11. The van der Waals surface area contributed by atoms with E-state index in [9.17, 15) is 13.5 Å². The summed E-state index contributed by atoms with van der Waals surface area (Å²) in [5, 5.41) is 11.8. The van der Waals surface area contributed by atoms with E-state index in [1.807, 2.05) is 18.2 Å². The topological polar surface area (TPSA) is 79.5 Å². The normalized spacial score (nSPS) is 14.6. The molecule has 5 nitrogen and oxygen atoms in total. The van der Waals surface area contributed by atoms with Gasteiger partial charge in [-0.1, -0.05) is 35.9 Å². The zero-order chi connectivity index (χ0) is 17.4. The number of sulfonamides is 1. The molecule has 0 saturated heterocycles. The largest absolute Gasteiger partial charge is 0.458 e. The van der Waals surface area contributed by atoms with E-state index in [1.54, 1.807) is 24.3 Å². The zero-order valence-corrected chi connectivity index (χ0v) is 14.4. The van der Waals surface area contributed by atoms with Crippen molar-refractivity contribution in [1.29, 1.82) is 0 Å². The number of rotatable bonds is 5. The van der Waals surface area contributed by atoms with Gasteiger partial charge in [0.25, 0.3) is 0 Å². The molecule has 3 aromatic rings. The summed E-state index contributed by atoms with van der Waals surface area (Å²) in [5.41, 5.74) is -0.865. The molecule has 2 aromatic carbocycles. The third kappa shape index (κ3) is 3.47. The number of hydrogen-bond donors (Lipinski definition) is 2. The maximum atomic E-state index is 12.3. The molecule has 0 aliphatic rings. The Morgan fingerprint density at radius 3 is 2.62 bits per heavy atom. The van der Waals surface area contributed by atoms with E-state index in [0.29, 0.717) is 10.6 Å². The second kappa shape index (κ2) is 6.22. The summed E-state index contributed by atoms with van der Waals surface area (Å²) in [4.78, 5) is 0.0374. The third-order valence-corrected chi connectivity index (χ3v) is 5.30. The van der Waals surface area contributed by atoms with Crippen molar-refractivity contribution in [3.63, 3.8) is 0 Å². The van der Waals surface area contributed by atoms with Gasteiger partial charge in [-0.25, -0.2) is 13.1 Å². The highest BCUT2D eigenvalue weighted by Crippen LogP contribution is 2.28. The summed E-state index contributed by atoms with van der Waals surface area (Å²) in [6.07, 6.45) is 0. The first kappa shape index (κ1) is 17.0. The van der Waals surface area contributed by atoms with Crippen LogP contribution in [0.15, 0.2) is 63.9 Å². The van der Waals surface area contributed by atoms with Gasteiger partial charge in [0, 0.05) is 17.0 Å². The molecule has 0 fully saturated rings. The molecule has 0 spiro atoms. The number of benzene rings is 2. The first-order chi connectivity index (χ1) is 11.3. The average Bonchev–Trinajstić information content (AvgIpc) is 2.98. The van der Waals surface area contributed by atoms with E-state index in [1.165, 1.54) is 19.1 Å². The Bertz CT molecular complexity index is 946. The van der Waals surface area contributed by atoms with Gasteiger partial charge in [-0.15, -0.1) is 0 Å². The number of hydrogen-bond acceptors (Lipinski definition) is 4. The van der Waals surface area contributed by atoms with Gasteiger partial charge in [-0.2, -0.15) is 0 Å². The molecule has 7 heteroatoms. The Morgan fingerprint density at radius 2 is 1.92 bits per heavy atom. The van der Waals surface area contributed by atoms with Gasteiger partial charge in [-0.3, -0.25) is 0 Å². The van der Waals surface area contributed by atoms with Crippen LogP contribution in [0.5, 0.6) is 0 Å². The van der Waals surface area contributed by atoms with Crippen molar-refractivity contribution in [2.45, 2.75) is 17.4 Å². The molecule has 24 heavy (non-hydrogen) atoms. The number of fused-ring (bicyclic) bond motifs is 1. The van der Waals surface area contributed by atoms with Crippen LogP contribution in [-0.4, -0.2) is 20.1 Å². The van der Waals surface area contributed by atoms with Crippen molar-refractivity contribution in [1.82, 2.24) is 4.72 Å². The lowest BCUT2D eigenvalue weighted by Gasteiger charge is -2.21. The summed E-state index contributed by atoms with van der Waals surface area (Å²) in [5.74, 6) is 0.289. The summed E-state index contributed by atoms with van der Waals surface area (Å²) in [7, 11) is -3.79. The van der Waals surface area contributed by atoms with Crippen molar-refractivity contribution < 1.29 is 17.9 Å². The van der Waals surface area contributed by atoms with E-state index in [2.05, 4.69) is 4.72 Å². The Labute approximate surface area is 144 Å². The second-order valence-corrected chi connectivity index (χ2v) is 7.91. The van der Waals surface area contributed by atoms with E-state index in [-0.39, 0.29) is 17.2 Å². The molecule has 0 radical (unpaired) electrons. The van der Waals surface area contributed by atoms with Gasteiger partial charge >= 0.3 is 0 Å². The highest BCUT2D eigenvalue weighted by molar-refractivity contribution is 7.89. The van der Waals surface area contributed by atoms with Crippen LogP contribution < -0.4 is 4.72 Å². The number of halogens is 1. The van der Waals surface area contributed by atoms with Crippen molar-refractivity contribution in [2.24, 2.45) is 0 Å². The quantitative estimate of drug-likeness (QED) is 0.727. The average molecular weight is 366 g/mol. The van der Waals surface area contributed by atoms with Gasteiger partial charge in [0.05, 0.1) is 4.90 Å². The van der Waals surface area contributed by atoms with Gasteiger partial charge < -0.3 is 9.52 Å². The van der Waals surface area contributed by atoms with Crippen LogP contribution in [0.2, 0.25) is 5.02 Å². The molecule has 2 N–H and O–H groups in total. The van der Waals surface area contributed by atoms with Crippen LogP contribution in [0.3, 0.4) is 0 Å². The number of furan rings is 1. The van der Waals surface area contributed by atoms with Gasteiger partial charge in [0.1, 0.15) is 16.9 Å². The monoisotopic (exact) mass is 365 g/mol. The molecule has 1 unspecified atom stereocenters. The smallest absolute Gasteiger partial charge is 0.240 e. The fourth-order valence-electron chi connectivity index (χ4n) is 2.29. The SMILES string of the molecule is CC(O)(CNS(=O)(=O)c1cccc(Cl)c1)c1cc2ccccc2o1. The molecule has 3 rings (SSSR count). The van der Waals surface area contributed by atoms with Crippen LogP contribution >= 0.6 is 11.6 Å². The summed E-state index contributed by atoms with van der Waals surface area (Å²) < 4.78 is 32.7. The first-order valence-electron chi connectivity index (χ1n) is 7.25. The lowest BCUT2D eigenvalue weighted by Crippen LogP contribution is -2.38. The van der Waals surface area contributed by atoms with E-state index < -0.39 is 15.6 Å². The Balaban J connectivity index is 1.81. The fraction of sp³-hybridized carbons (Fsp3) is 0.176. The Morgan fingerprint density at radius 1 is 1.17 bits per heavy atom. The highest BCUT2D eigenvalue weighted by Gasteiger charge is 2.29. The minimum absolute atomic E-state index is 0.0374. The third-order valence-electron chi connectivity index (χ3n) is 3.67. The standard InChI is InChI=1S/C17H16ClNO4S/c1-17(20,16-9-12-5-2-3-8-15(12)23-16)11-19-24(21,22)14-7-4-6-13(18)10-14/h2-10,19-20H,11H2,1H3. The van der Waals surface area contributed by atoms with E-state index >= 15 is 0 Å². The Hall–Kier alpha value is -1.86. The lowest BCUT2D eigenvalue weighted by molar-refractivity contribution is 0.0412. The van der Waals surface area contributed by atoms with Crippen molar-refractivity contribution in [3.05, 3.63) is 65.4 Å². The summed E-state index contributed by atoms with van der Waals surface area (Å²) in [6.45, 7) is 1.26. The van der Waals surface area contributed by atoms with Crippen LogP contribution in [-0.2, 0) is 15.6 Å². The molecular weight excluding hydrogens is 350 g/mol. The van der Waals surface area contributed by atoms with Crippen molar-refractivity contribution in [3.8, 4) is 0 Å². The van der Waals surface area contributed by atoms with Crippen LogP contribution in [0.25, 0.3) is 11.0 Å². The minimum atomic E-state index is -3.79. The maximum absolute atomic E-state index is 12.3. The van der Waals surface area contributed by atoms with E-state index in [4.69, 9.17) is 16.0 Å². The van der Waals surface area contributed by atoms with Crippen molar-refractivity contribution in [2.75, 3.05) is 6.54 Å². The van der Waals surface area contributed by atoms with E-state index in [0.717, 1.165) is 5.39 Å². The molecule has 0 aliphatic heterocycles. The number of aliphatic hydroxyl groups is 1. The predicted molar refractivity (Wildman–Crippen MR) is 92.4 cm³/mol. The van der Waals surface area contributed by atoms with Gasteiger partial charge in [-0.05, 0) is 37.3 Å². The van der Waals surface area contributed by atoms with Crippen LogP contribution in [0.1, 0.15) is 12.7 Å². The molecule has 1 atom stereocenters. The highest BCUT2D eigenvalue weighted by atomic mass is 35.5. The summed E-state index contributed by atoms with van der Waals surface area (Å²) >= 11 is 5.83. The fourth-order valence-corrected chi connectivity index (χ4v) is 3.72. The molecule has 0 saturated carbocycles. The van der Waals surface area contributed by atoms with Crippen LogP contribution in [0, 0.1) is 0 Å². The summed E-state index contributed by atoms with van der Waals surface area (Å²) in [6, 6.07) is 14.9. The lowest BCUT2D eigenvalue weighted by atomic mass is 10.0. The number of para-hydroxylation sites is 1. The molecule has 126 valence electrons. The second-order valence-electron chi connectivity index (χ2n) is 5.70. The molecule has 0 aliphatic carbocycles. The predicted octanol–water partition coefficient (Wildman–Crippen LogP) is 3.27. The van der Waals surface area contributed by atoms with Crippen LogP contribution in [0.4, 0.5) is 0 Å². The molecule has 0 bridgehead atoms. The molecule has 0 amide bonds. The van der Waals surface area contributed by atoms with Crippen molar-refractivity contribution >= 4 is 32.6 Å². The Kier molecular flexibility index (Phi) is 4.40. The minimum Gasteiger partial charge on any atom is -0.458 e. The van der Waals surface area contributed by atoms with Gasteiger partial charge in [0.15, 0.2) is 0 Å². The molecule has 1 aromatic heterocycles.